The smallest absolute Gasteiger partial charge is 0.261 e. The van der Waals surface area contributed by atoms with Gasteiger partial charge in [-0.25, -0.2) is 8.42 Å². The van der Waals surface area contributed by atoms with Gasteiger partial charge in [-0.2, -0.15) is 0 Å². The number of amides is 1. The number of nitrogens with one attached hydrogen (secondary N) is 1. The Morgan fingerprint density at radius 1 is 1.04 bits per heavy atom. The highest BCUT2D eigenvalue weighted by Gasteiger charge is 2.31. The first kappa shape index (κ1) is 19.5. The third-order valence-electron chi connectivity index (χ3n) is 4.51. The average molecular weight is 452 g/mol. The van der Waals surface area contributed by atoms with E-state index in [1.165, 1.54) is 17.4 Å². The van der Waals surface area contributed by atoms with Crippen LogP contribution < -0.4 is 5.32 Å². The second-order valence-electron chi connectivity index (χ2n) is 6.50. The molecule has 1 aliphatic rings. The van der Waals surface area contributed by atoms with Gasteiger partial charge < -0.3 is 5.32 Å². The molecule has 28 heavy (non-hydrogen) atoms. The van der Waals surface area contributed by atoms with E-state index in [0.717, 1.165) is 10.4 Å². The van der Waals surface area contributed by atoms with Crippen molar-refractivity contribution in [2.45, 2.75) is 17.1 Å². The van der Waals surface area contributed by atoms with Gasteiger partial charge in [0.25, 0.3) is 5.91 Å². The molecular formula is C20H15Cl2NO3S2. The summed E-state index contributed by atoms with van der Waals surface area (Å²) >= 11 is 13.1. The van der Waals surface area contributed by atoms with Gasteiger partial charge in [-0.15, -0.1) is 11.3 Å². The molecular weight excluding hydrogens is 437 g/mol. The van der Waals surface area contributed by atoms with Gasteiger partial charge in [-0.1, -0.05) is 41.4 Å². The number of benzene rings is 2. The second kappa shape index (κ2) is 7.52. The van der Waals surface area contributed by atoms with Crippen LogP contribution in [0.15, 0.2) is 53.4 Å². The largest absolute Gasteiger partial charge is 0.351 e. The Bertz CT molecular complexity index is 1170. The van der Waals surface area contributed by atoms with E-state index in [2.05, 4.69) is 5.32 Å². The molecule has 0 aliphatic carbocycles. The lowest BCUT2D eigenvalue weighted by molar-refractivity contribution is 0.0958. The summed E-state index contributed by atoms with van der Waals surface area (Å²) in [7, 11) is -3.47. The molecule has 1 amide bonds. The molecule has 4 nitrogen and oxygen atoms in total. The van der Waals surface area contributed by atoms with Crippen molar-refractivity contribution in [2.24, 2.45) is 0 Å². The molecule has 0 unspecified atom stereocenters. The monoisotopic (exact) mass is 451 g/mol. The number of hydrogen-bond donors (Lipinski definition) is 1. The van der Waals surface area contributed by atoms with Crippen molar-refractivity contribution in [2.75, 3.05) is 6.54 Å². The molecule has 8 heteroatoms. The minimum Gasteiger partial charge on any atom is -0.351 e. The minimum atomic E-state index is -3.47. The van der Waals surface area contributed by atoms with Gasteiger partial charge in [0, 0.05) is 27.0 Å². The van der Waals surface area contributed by atoms with Crippen molar-refractivity contribution >= 4 is 50.3 Å². The third-order valence-corrected chi connectivity index (χ3v) is 7.91. The molecule has 1 N–H and O–H groups in total. The van der Waals surface area contributed by atoms with Crippen molar-refractivity contribution < 1.29 is 13.2 Å². The summed E-state index contributed by atoms with van der Waals surface area (Å²) in [4.78, 5) is 14.1. The van der Waals surface area contributed by atoms with Crippen molar-refractivity contribution in [1.82, 2.24) is 5.32 Å². The molecule has 3 aromatic rings. The predicted octanol–water partition coefficient (Wildman–Crippen LogP) is 4.98. The van der Waals surface area contributed by atoms with Crippen LogP contribution in [0.1, 0.15) is 20.8 Å². The summed E-state index contributed by atoms with van der Waals surface area (Å²) in [6.07, 6.45) is 0.684. The molecule has 2 aromatic carbocycles. The Morgan fingerprint density at radius 3 is 2.50 bits per heavy atom. The molecule has 0 spiro atoms. The van der Waals surface area contributed by atoms with Crippen LogP contribution in [0, 0.1) is 0 Å². The molecule has 0 saturated carbocycles. The molecule has 0 fully saturated rings. The summed E-state index contributed by atoms with van der Waals surface area (Å²) in [6.45, 7) is 0.480. The Kier molecular flexibility index (Phi) is 5.22. The number of hydrogen-bond acceptors (Lipinski definition) is 4. The summed E-state index contributed by atoms with van der Waals surface area (Å²) in [6, 6.07) is 14.0. The molecule has 0 atom stereocenters. The first-order chi connectivity index (χ1) is 13.3. The van der Waals surface area contributed by atoms with Crippen LogP contribution in [0.25, 0.3) is 10.4 Å². The lowest BCUT2D eigenvalue weighted by atomic mass is 10.1. The maximum Gasteiger partial charge on any atom is 0.261 e. The Labute approximate surface area is 177 Å². The summed E-state index contributed by atoms with van der Waals surface area (Å²) in [5.74, 6) is -0.328. The summed E-state index contributed by atoms with van der Waals surface area (Å²) in [5.41, 5.74) is 2.34. The topological polar surface area (TPSA) is 63.2 Å². The first-order valence-corrected chi connectivity index (χ1v) is 11.7. The fraction of sp³-hybridized carbons (Fsp3) is 0.150. The normalized spacial score (nSPS) is 14.2. The quantitative estimate of drug-likeness (QED) is 0.607. The molecule has 0 saturated heterocycles. The average Bonchev–Trinajstić information content (AvgIpc) is 3.06. The van der Waals surface area contributed by atoms with Crippen molar-refractivity contribution in [3.05, 3.63) is 74.6 Å². The zero-order valence-electron chi connectivity index (χ0n) is 14.5. The van der Waals surface area contributed by atoms with E-state index in [0.29, 0.717) is 39.0 Å². The van der Waals surface area contributed by atoms with E-state index in [-0.39, 0.29) is 16.6 Å². The highest BCUT2D eigenvalue weighted by molar-refractivity contribution is 7.91. The lowest BCUT2D eigenvalue weighted by Gasteiger charge is -2.16. The number of carbonyl (C=O) groups is 1. The molecule has 1 aliphatic heterocycles. The van der Waals surface area contributed by atoms with E-state index < -0.39 is 9.84 Å². The van der Waals surface area contributed by atoms with Gasteiger partial charge in [0.15, 0.2) is 9.84 Å². The molecule has 4 rings (SSSR count). The van der Waals surface area contributed by atoms with Crippen LogP contribution >= 0.6 is 34.5 Å². The predicted molar refractivity (Wildman–Crippen MR) is 113 cm³/mol. The fourth-order valence-electron chi connectivity index (χ4n) is 3.16. The number of rotatable bonds is 4. The first-order valence-electron chi connectivity index (χ1n) is 8.51. The van der Waals surface area contributed by atoms with Gasteiger partial charge in [0.2, 0.25) is 0 Å². The number of carbonyl (C=O) groups excluding carboxylic acids is 1. The van der Waals surface area contributed by atoms with Gasteiger partial charge in [-0.05, 0) is 47.9 Å². The fourth-order valence-corrected chi connectivity index (χ4v) is 6.42. The van der Waals surface area contributed by atoms with Crippen LogP contribution in [0.3, 0.4) is 0 Å². The summed E-state index contributed by atoms with van der Waals surface area (Å²) < 4.78 is 25.1. The van der Waals surface area contributed by atoms with E-state index in [4.69, 9.17) is 23.2 Å². The van der Waals surface area contributed by atoms with Crippen molar-refractivity contribution in [1.29, 1.82) is 0 Å². The maximum absolute atomic E-state index is 12.6. The van der Waals surface area contributed by atoms with Crippen LogP contribution in [-0.4, -0.2) is 20.9 Å². The molecule has 2 heterocycles. The Balaban J connectivity index is 1.53. The lowest BCUT2D eigenvalue weighted by Crippen LogP contribution is -2.24. The van der Waals surface area contributed by atoms with Crippen LogP contribution in [0.4, 0.5) is 0 Å². The Hall–Kier alpha value is -1.86. The minimum absolute atomic E-state index is 0.121. The number of thiophene rings is 1. The second-order valence-corrected chi connectivity index (χ2v) is 10.4. The highest BCUT2D eigenvalue weighted by atomic mass is 35.5. The van der Waals surface area contributed by atoms with Gasteiger partial charge in [0.05, 0.1) is 15.5 Å². The van der Waals surface area contributed by atoms with E-state index >= 15 is 0 Å². The molecule has 0 radical (unpaired) electrons. The third kappa shape index (κ3) is 3.82. The van der Waals surface area contributed by atoms with Crippen LogP contribution in [-0.2, 0) is 22.0 Å². The Morgan fingerprint density at radius 2 is 1.75 bits per heavy atom. The molecule has 144 valence electrons. The zero-order chi connectivity index (χ0) is 19.9. The van der Waals surface area contributed by atoms with E-state index in [1.54, 1.807) is 18.2 Å². The van der Waals surface area contributed by atoms with Crippen molar-refractivity contribution in [3.63, 3.8) is 0 Å². The molecule has 1 aromatic heterocycles. The van der Waals surface area contributed by atoms with E-state index in [1.807, 2.05) is 24.3 Å². The number of halogens is 2. The number of sulfone groups is 1. The summed E-state index contributed by atoms with van der Waals surface area (Å²) in [5, 5.41) is 3.94. The molecule has 0 bridgehead atoms. The highest BCUT2D eigenvalue weighted by Crippen LogP contribution is 2.43. The van der Waals surface area contributed by atoms with Crippen LogP contribution in [0.5, 0.6) is 0 Å². The SMILES string of the molecule is O=C(NCCc1ccc(Cl)cc1)c1cc2c(s1)-c1ccc(Cl)cc1S(=O)(=O)C2. The van der Waals surface area contributed by atoms with Gasteiger partial charge in [-0.3, -0.25) is 4.79 Å². The van der Waals surface area contributed by atoms with Gasteiger partial charge in [0.1, 0.15) is 0 Å². The van der Waals surface area contributed by atoms with E-state index in [9.17, 15) is 13.2 Å². The van der Waals surface area contributed by atoms with Crippen LogP contribution in [0.2, 0.25) is 10.0 Å². The standard InChI is InChI=1S/C20H15Cl2NO3S2/c21-14-3-1-12(2-4-14)7-8-23-20(24)17-9-13-11-28(25,26)18-10-15(22)5-6-16(18)19(13)27-17/h1-6,9-10H,7-8,11H2,(H,23,24). The van der Waals surface area contributed by atoms with Crippen molar-refractivity contribution in [3.8, 4) is 10.4 Å². The maximum atomic E-state index is 12.6. The number of fused-ring (bicyclic) bond motifs is 3. The zero-order valence-corrected chi connectivity index (χ0v) is 17.7. The van der Waals surface area contributed by atoms with Gasteiger partial charge >= 0.3 is 0 Å².